The number of nitrogens with zero attached hydrogens (tertiary/aromatic N) is 1. The van der Waals surface area contributed by atoms with Gasteiger partial charge in [0.05, 0.1) is 11.3 Å². The van der Waals surface area contributed by atoms with Gasteiger partial charge in [-0.1, -0.05) is 15.9 Å². The quantitative estimate of drug-likeness (QED) is 0.812. The van der Waals surface area contributed by atoms with Gasteiger partial charge >= 0.3 is 0 Å². The van der Waals surface area contributed by atoms with Crippen LogP contribution in [0.1, 0.15) is 33.8 Å². The van der Waals surface area contributed by atoms with Crippen molar-refractivity contribution in [1.29, 1.82) is 0 Å². The lowest BCUT2D eigenvalue weighted by Gasteiger charge is -2.06. The number of nitrogens with two attached hydrogens (primary N) is 1. The molecule has 0 unspecified atom stereocenters. The second-order valence-electron chi connectivity index (χ2n) is 4.78. The summed E-state index contributed by atoms with van der Waals surface area (Å²) in [6, 6.07) is 5.24. The van der Waals surface area contributed by atoms with Crippen molar-refractivity contribution in [2.75, 3.05) is 11.1 Å². The number of hydrogen-bond donors (Lipinski definition) is 2. The van der Waals surface area contributed by atoms with E-state index >= 15 is 0 Å². The molecular formula is C14H14BrN3OS. The molecule has 0 radical (unpaired) electrons. The van der Waals surface area contributed by atoms with Gasteiger partial charge in [-0.25, -0.2) is 4.98 Å². The van der Waals surface area contributed by atoms with Crippen LogP contribution in [-0.4, -0.2) is 10.9 Å². The van der Waals surface area contributed by atoms with Crippen LogP contribution in [0.3, 0.4) is 0 Å². The smallest absolute Gasteiger partial charge is 0.259 e. The molecule has 0 spiro atoms. The molecular weight excluding hydrogens is 338 g/mol. The molecule has 1 heterocycles. The fraction of sp³-hybridized carbons (Fsp3) is 0.286. The van der Waals surface area contributed by atoms with Gasteiger partial charge in [0.15, 0.2) is 5.13 Å². The average molecular weight is 352 g/mol. The minimum absolute atomic E-state index is 0.207. The summed E-state index contributed by atoms with van der Waals surface area (Å²) in [6.07, 6.45) is 4.48. The highest BCUT2D eigenvalue weighted by molar-refractivity contribution is 9.10. The van der Waals surface area contributed by atoms with Crippen LogP contribution < -0.4 is 11.1 Å². The van der Waals surface area contributed by atoms with Gasteiger partial charge in [-0.2, -0.15) is 0 Å². The van der Waals surface area contributed by atoms with E-state index < -0.39 is 0 Å². The van der Waals surface area contributed by atoms with Gasteiger partial charge in [0.2, 0.25) is 0 Å². The number of aromatic nitrogens is 1. The molecule has 6 heteroatoms. The molecule has 0 aliphatic heterocycles. The van der Waals surface area contributed by atoms with E-state index in [1.54, 1.807) is 29.5 Å². The molecule has 0 fully saturated rings. The van der Waals surface area contributed by atoms with Gasteiger partial charge in [0.1, 0.15) is 0 Å². The molecule has 3 N–H and O–H groups in total. The maximum absolute atomic E-state index is 12.2. The predicted octanol–water partition coefficient (Wildman–Crippen LogP) is 3.62. The zero-order valence-corrected chi connectivity index (χ0v) is 13.2. The number of fused-ring (bicyclic) bond motifs is 1. The first kappa shape index (κ1) is 13.6. The lowest BCUT2D eigenvalue weighted by atomic mass is 10.0. The number of halogens is 1. The van der Waals surface area contributed by atoms with E-state index in [0.717, 1.165) is 23.0 Å². The molecule has 1 aromatic heterocycles. The van der Waals surface area contributed by atoms with Gasteiger partial charge in [-0.3, -0.25) is 10.1 Å². The first-order valence-electron chi connectivity index (χ1n) is 6.48. The predicted molar refractivity (Wildman–Crippen MR) is 85.3 cm³/mol. The standard InChI is InChI=1S/C14H14BrN3OS/c15-8-5-6-9(10(16)7-8)13(19)18-14-17-11-3-1-2-4-12(11)20-14/h5-7H,1-4,16H2,(H,17,18,19). The summed E-state index contributed by atoms with van der Waals surface area (Å²) in [6.45, 7) is 0. The third-order valence-electron chi connectivity index (χ3n) is 3.32. The Labute approximate surface area is 129 Å². The van der Waals surface area contributed by atoms with Crippen molar-refractivity contribution in [3.05, 3.63) is 38.8 Å². The Morgan fingerprint density at radius 1 is 1.35 bits per heavy atom. The molecule has 0 atom stereocenters. The summed E-state index contributed by atoms with van der Waals surface area (Å²) in [4.78, 5) is 18.0. The van der Waals surface area contributed by atoms with Crippen LogP contribution >= 0.6 is 27.3 Å². The van der Waals surface area contributed by atoms with Crippen molar-refractivity contribution >= 4 is 44.0 Å². The summed E-state index contributed by atoms with van der Waals surface area (Å²) in [5, 5.41) is 3.52. The molecule has 1 aliphatic rings. The third-order valence-corrected chi connectivity index (χ3v) is 4.89. The number of benzene rings is 1. The number of hydrogen-bond acceptors (Lipinski definition) is 4. The SMILES string of the molecule is Nc1cc(Br)ccc1C(=O)Nc1nc2c(s1)CCCC2. The summed E-state index contributed by atoms with van der Waals surface area (Å²) in [5.41, 5.74) is 7.93. The molecule has 0 bridgehead atoms. The number of thiazole rings is 1. The van der Waals surface area contributed by atoms with Gasteiger partial charge in [-0.15, -0.1) is 11.3 Å². The number of carbonyl (C=O) groups is 1. The zero-order chi connectivity index (χ0) is 14.1. The topological polar surface area (TPSA) is 68.0 Å². The highest BCUT2D eigenvalue weighted by Crippen LogP contribution is 2.30. The molecule has 1 amide bonds. The van der Waals surface area contributed by atoms with Gasteiger partial charge in [0.25, 0.3) is 5.91 Å². The first-order chi connectivity index (χ1) is 9.63. The first-order valence-corrected chi connectivity index (χ1v) is 8.09. The molecule has 20 heavy (non-hydrogen) atoms. The van der Waals surface area contributed by atoms with Crippen LogP contribution in [-0.2, 0) is 12.8 Å². The van der Waals surface area contributed by atoms with Crippen LogP contribution in [0.15, 0.2) is 22.7 Å². The maximum atomic E-state index is 12.2. The molecule has 2 aromatic rings. The van der Waals surface area contributed by atoms with Gasteiger partial charge < -0.3 is 5.73 Å². The monoisotopic (exact) mass is 351 g/mol. The normalized spacial score (nSPS) is 13.8. The number of anilines is 2. The maximum Gasteiger partial charge on any atom is 0.259 e. The van der Waals surface area contributed by atoms with Gasteiger partial charge in [0, 0.05) is 15.0 Å². The van der Waals surface area contributed by atoms with E-state index in [1.165, 1.54) is 17.7 Å². The van der Waals surface area contributed by atoms with Gasteiger partial charge in [-0.05, 0) is 43.9 Å². The molecule has 1 aliphatic carbocycles. The Morgan fingerprint density at radius 2 is 2.15 bits per heavy atom. The molecule has 104 valence electrons. The van der Waals surface area contributed by atoms with Crippen LogP contribution in [0.5, 0.6) is 0 Å². The second kappa shape index (κ2) is 5.54. The lowest BCUT2D eigenvalue weighted by molar-refractivity contribution is 0.102. The van der Waals surface area contributed by atoms with E-state index in [1.807, 2.05) is 0 Å². The molecule has 1 aromatic carbocycles. The minimum atomic E-state index is -0.207. The van der Waals surface area contributed by atoms with Crippen molar-refractivity contribution in [3.8, 4) is 0 Å². The molecule has 3 rings (SSSR count). The number of rotatable bonds is 2. The summed E-state index contributed by atoms with van der Waals surface area (Å²) in [7, 11) is 0. The highest BCUT2D eigenvalue weighted by Gasteiger charge is 2.17. The summed E-state index contributed by atoms with van der Waals surface area (Å²) in [5.74, 6) is -0.207. The van der Waals surface area contributed by atoms with Crippen LogP contribution in [0.4, 0.5) is 10.8 Å². The van der Waals surface area contributed by atoms with Crippen molar-refractivity contribution in [3.63, 3.8) is 0 Å². The average Bonchev–Trinajstić information content (AvgIpc) is 2.80. The minimum Gasteiger partial charge on any atom is -0.398 e. The Hall–Kier alpha value is -1.40. The number of carbonyl (C=O) groups excluding carboxylic acids is 1. The van der Waals surface area contributed by atoms with Crippen molar-refractivity contribution in [1.82, 2.24) is 4.98 Å². The van der Waals surface area contributed by atoms with Crippen molar-refractivity contribution < 1.29 is 4.79 Å². The van der Waals surface area contributed by atoms with E-state index in [-0.39, 0.29) is 5.91 Å². The number of nitrogen functional groups attached to an aromatic ring is 1. The molecule has 4 nitrogen and oxygen atoms in total. The van der Waals surface area contributed by atoms with E-state index in [9.17, 15) is 4.79 Å². The van der Waals surface area contributed by atoms with Crippen LogP contribution in [0.25, 0.3) is 0 Å². The summed E-state index contributed by atoms with van der Waals surface area (Å²) < 4.78 is 0.858. The fourth-order valence-electron chi connectivity index (χ4n) is 2.31. The Bertz CT molecular complexity index is 645. The number of amides is 1. The summed E-state index contributed by atoms with van der Waals surface area (Å²) >= 11 is 4.90. The molecule has 0 saturated heterocycles. The van der Waals surface area contributed by atoms with Crippen LogP contribution in [0.2, 0.25) is 0 Å². The van der Waals surface area contributed by atoms with E-state index in [0.29, 0.717) is 16.4 Å². The Balaban J connectivity index is 1.80. The van der Waals surface area contributed by atoms with Crippen molar-refractivity contribution in [2.24, 2.45) is 0 Å². The Morgan fingerprint density at radius 3 is 2.90 bits per heavy atom. The third kappa shape index (κ3) is 2.71. The van der Waals surface area contributed by atoms with E-state index in [2.05, 4.69) is 26.2 Å². The van der Waals surface area contributed by atoms with Crippen molar-refractivity contribution in [2.45, 2.75) is 25.7 Å². The largest absolute Gasteiger partial charge is 0.398 e. The van der Waals surface area contributed by atoms with E-state index in [4.69, 9.17) is 5.73 Å². The number of aryl methyl sites for hydroxylation is 2. The molecule has 0 saturated carbocycles. The van der Waals surface area contributed by atoms with Crippen LogP contribution in [0, 0.1) is 0 Å². The Kier molecular flexibility index (Phi) is 3.76. The lowest BCUT2D eigenvalue weighted by Crippen LogP contribution is -2.13. The highest BCUT2D eigenvalue weighted by atomic mass is 79.9. The second-order valence-corrected chi connectivity index (χ2v) is 6.78. The fourth-order valence-corrected chi connectivity index (χ4v) is 3.73. The zero-order valence-electron chi connectivity index (χ0n) is 10.8. The number of nitrogens with one attached hydrogen (secondary N) is 1.